The van der Waals surface area contributed by atoms with Crippen molar-refractivity contribution in [3.63, 3.8) is 0 Å². The molecule has 1 heterocycles. The van der Waals surface area contributed by atoms with E-state index in [0.29, 0.717) is 0 Å². The molecule has 1 aromatic rings. The van der Waals surface area contributed by atoms with Crippen LogP contribution in [0.25, 0.3) is 0 Å². The normalized spacial score (nSPS) is 12.5. The summed E-state index contributed by atoms with van der Waals surface area (Å²) in [7, 11) is 0. The Bertz CT molecular complexity index is 324. The maximum absolute atomic E-state index is 11.9. The average molecular weight is 290 g/mol. The van der Waals surface area contributed by atoms with Crippen LogP contribution in [0.15, 0.2) is 10.8 Å². The van der Waals surface area contributed by atoms with Gasteiger partial charge < -0.3 is 5.32 Å². The fourth-order valence-corrected chi connectivity index (χ4v) is 2.75. The van der Waals surface area contributed by atoms with Gasteiger partial charge >= 0.3 is 0 Å². The Morgan fingerprint density at radius 1 is 1.60 bits per heavy atom. The second-order valence-corrected chi connectivity index (χ2v) is 5.06. The topological polar surface area (TPSA) is 29.1 Å². The molecule has 15 heavy (non-hydrogen) atoms. The molecule has 0 radical (unpaired) electrons. The first-order valence-corrected chi connectivity index (χ1v) is 7.15. The molecular formula is C11H16BrNOS. The van der Waals surface area contributed by atoms with Gasteiger partial charge in [0.25, 0.3) is 5.91 Å². The van der Waals surface area contributed by atoms with Crippen molar-refractivity contribution < 1.29 is 4.79 Å². The minimum atomic E-state index is 0.0570. The van der Waals surface area contributed by atoms with Crippen LogP contribution < -0.4 is 5.32 Å². The summed E-state index contributed by atoms with van der Waals surface area (Å²) >= 11 is 4.97. The Balaban J connectivity index is 2.58. The summed E-state index contributed by atoms with van der Waals surface area (Å²) in [6, 6.07) is 0.274. The van der Waals surface area contributed by atoms with Crippen molar-refractivity contribution in [1.82, 2.24) is 5.32 Å². The fourth-order valence-electron chi connectivity index (χ4n) is 1.37. The van der Waals surface area contributed by atoms with Crippen molar-refractivity contribution in [3.8, 4) is 0 Å². The molecule has 84 valence electrons. The van der Waals surface area contributed by atoms with Crippen LogP contribution in [0.1, 0.15) is 35.7 Å². The Hall–Kier alpha value is -0.350. The third-order valence-corrected chi connectivity index (χ3v) is 3.71. The number of thiophene rings is 1. The molecular weight excluding hydrogens is 274 g/mol. The summed E-state index contributed by atoms with van der Waals surface area (Å²) in [6.07, 6.45) is 1.95. The van der Waals surface area contributed by atoms with Gasteiger partial charge in [-0.2, -0.15) is 11.3 Å². The van der Waals surface area contributed by atoms with Gasteiger partial charge in [-0.15, -0.1) is 0 Å². The predicted octanol–water partition coefficient (Wildman–Crippen LogP) is 3.35. The van der Waals surface area contributed by atoms with Gasteiger partial charge in [0.15, 0.2) is 0 Å². The van der Waals surface area contributed by atoms with Crippen LogP contribution in [0.3, 0.4) is 0 Å². The van der Waals surface area contributed by atoms with Crippen LogP contribution in [0.4, 0.5) is 0 Å². The molecule has 1 amide bonds. The number of alkyl halides is 1. The first-order valence-electron chi connectivity index (χ1n) is 5.08. The highest BCUT2D eigenvalue weighted by Gasteiger charge is 2.13. The van der Waals surface area contributed by atoms with Crippen molar-refractivity contribution in [2.75, 3.05) is 5.33 Å². The zero-order valence-electron chi connectivity index (χ0n) is 9.05. The summed E-state index contributed by atoms with van der Waals surface area (Å²) in [5.74, 6) is 0.0570. The second-order valence-electron chi connectivity index (χ2n) is 3.52. The van der Waals surface area contributed by atoms with Crippen molar-refractivity contribution in [2.45, 2.75) is 32.7 Å². The lowest BCUT2D eigenvalue weighted by Crippen LogP contribution is -2.34. The molecule has 1 unspecified atom stereocenters. The SMILES string of the molecule is CCC(CCBr)NC(=O)c1cscc1C. The number of rotatable bonds is 5. The minimum absolute atomic E-state index is 0.0570. The van der Waals surface area contributed by atoms with E-state index >= 15 is 0 Å². The van der Waals surface area contributed by atoms with Crippen LogP contribution in [0, 0.1) is 6.92 Å². The van der Waals surface area contributed by atoms with Gasteiger partial charge in [0.2, 0.25) is 0 Å². The summed E-state index contributed by atoms with van der Waals surface area (Å²) in [4.78, 5) is 11.9. The minimum Gasteiger partial charge on any atom is -0.349 e. The third kappa shape index (κ3) is 3.61. The number of carbonyl (C=O) groups excluding carboxylic acids is 1. The van der Waals surface area contributed by atoms with Gasteiger partial charge in [0.1, 0.15) is 0 Å². The van der Waals surface area contributed by atoms with Crippen LogP contribution in [0.5, 0.6) is 0 Å². The molecule has 1 rings (SSSR count). The molecule has 0 aliphatic heterocycles. The largest absolute Gasteiger partial charge is 0.349 e. The third-order valence-electron chi connectivity index (χ3n) is 2.39. The van der Waals surface area contributed by atoms with Gasteiger partial charge in [-0.05, 0) is 30.7 Å². The maximum atomic E-state index is 11.9. The lowest BCUT2D eigenvalue weighted by molar-refractivity contribution is 0.0935. The Morgan fingerprint density at radius 3 is 2.80 bits per heavy atom. The van der Waals surface area contributed by atoms with Gasteiger partial charge in [-0.1, -0.05) is 22.9 Å². The first-order chi connectivity index (χ1) is 7.19. The molecule has 1 N–H and O–H groups in total. The average Bonchev–Trinajstić information content (AvgIpc) is 2.63. The van der Waals surface area contributed by atoms with E-state index in [0.717, 1.165) is 29.3 Å². The van der Waals surface area contributed by atoms with E-state index in [-0.39, 0.29) is 11.9 Å². The van der Waals surface area contributed by atoms with Crippen molar-refractivity contribution in [3.05, 3.63) is 21.9 Å². The van der Waals surface area contributed by atoms with Crippen LogP contribution >= 0.6 is 27.3 Å². The number of hydrogen-bond acceptors (Lipinski definition) is 2. The summed E-state index contributed by atoms with van der Waals surface area (Å²) in [5.41, 5.74) is 1.87. The maximum Gasteiger partial charge on any atom is 0.252 e. The Kier molecular flexibility index (Phi) is 5.32. The molecule has 2 nitrogen and oxygen atoms in total. The molecule has 0 saturated heterocycles. The summed E-state index contributed by atoms with van der Waals surface area (Å²) in [6.45, 7) is 4.06. The molecule has 4 heteroatoms. The second kappa shape index (κ2) is 6.28. The van der Waals surface area contributed by atoms with E-state index in [4.69, 9.17) is 0 Å². The van der Waals surface area contributed by atoms with E-state index in [2.05, 4.69) is 28.2 Å². The fraction of sp³-hybridized carbons (Fsp3) is 0.545. The Labute approximate surface area is 103 Å². The standard InChI is InChI=1S/C11H16BrNOS/c1-3-9(4-5-12)13-11(14)10-7-15-6-8(10)2/h6-7,9H,3-5H2,1-2H3,(H,13,14). The quantitative estimate of drug-likeness (QED) is 0.828. The number of halogens is 1. The van der Waals surface area contributed by atoms with E-state index in [1.807, 2.05) is 17.7 Å². The van der Waals surface area contributed by atoms with Gasteiger partial charge in [-0.25, -0.2) is 0 Å². The number of hydrogen-bond donors (Lipinski definition) is 1. The van der Waals surface area contributed by atoms with Crippen LogP contribution in [0.2, 0.25) is 0 Å². The van der Waals surface area contributed by atoms with Crippen molar-refractivity contribution >= 4 is 33.2 Å². The molecule has 0 spiro atoms. The summed E-state index contributed by atoms with van der Waals surface area (Å²) in [5, 5.41) is 7.88. The van der Waals surface area contributed by atoms with Gasteiger partial charge in [0.05, 0.1) is 5.56 Å². The Morgan fingerprint density at radius 2 is 2.33 bits per heavy atom. The number of amides is 1. The number of nitrogens with one attached hydrogen (secondary N) is 1. The van der Waals surface area contributed by atoms with E-state index in [1.165, 1.54) is 0 Å². The molecule has 0 saturated carbocycles. The molecule has 0 bridgehead atoms. The summed E-state index contributed by atoms with van der Waals surface area (Å²) < 4.78 is 0. The van der Waals surface area contributed by atoms with Gasteiger partial charge in [-0.3, -0.25) is 4.79 Å². The smallest absolute Gasteiger partial charge is 0.252 e. The zero-order valence-corrected chi connectivity index (χ0v) is 11.5. The van der Waals surface area contributed by atoms with E-state index < -0.39 is 0 Å². The van der Waals surface area contributed by atoms with Crippen molar-refractivity contribution in [1.29, 1.82) is 0 Å². The van der Waals surface area contributed by atoms with Gasteiger partial charge in [0, 0.05) is 16.8 Å². The highest BCUT2D eigenvalue weighted by molar-refractivity contribution is 9.09. The van der Waals surface area contributed by atoms with Crippen LogP contribution in [-0.4, -0.2) is 17.3 Å². The predicted molar refractivity (Wildman–Crippen MR) is 69.0 cm³/mol. The van der Waals surface area contributed by atoms with E-state index in [9.17, 15) is 4.79 Å². The molecule has 0 aliphatic carbocycles. The molecule has 0 aromatic carbocycles. The highest BCUT2D eigenvalue weighted by atomic mass is 79.9. The lowest BCUT2D eigenvalue weighted by Gasteiger charge is -2.15. The number of carbonyl (C=O) groups is 1. The van der Waals surface area contributed by atoms with Crippen LogP contribution in [-0.2, 0) is 0 Å². The number of aryl methyl sites for hydroxylation is 1. The van der Waals surface area contributed by atoms with Crippen molar-refractivity contribution in [2.24, 2.45) is 0 Å². The van der Waals surface area contributed by atoms with E-state index in [1.54, 1.807) is 11.3 Å². The monoisotopic (exact) mass is 289 g/mol. The lowest BCUT2D eigenvalue weighted by atomic mass is 10.1. The zero-order chi connectivity index (χ0) is 11.3. The molecule has 1 aromatic heterocycles. The molecule has 0 fully saturated rings. The molecule has 0 aliphatic rings. The first kappa shape index (κ1) is 12.7. The molecule has 1 atom stereocenters. The highest BCUT2D eigenvalue weighted by Crippen LogP contribution is 2.14.